The van der Waals surface area contributed by atoms with Gasteiger partial charge >= 0.3 is 0 Å². The summed E-state index contributed by atoms with van der Waals surface area (Å²) in [5.74, 6) is 0. The first-order valence-corrected chi connectivity index (χ1v) is 18.6. The zero-order valence-corrected chi connectivity index (χ0v) is 30.3. The third-order valence-corrected chi connectivity index (χ3v) is 7.89. The highest BCUT2D eigenvalue weighted by molar-refractivity contribution is 4.50. The predicted molar refractivity (Wildman–Crippen MR) is 169 cm³/mol. The zero-order chi connectivity index (χ0) is 34.0. The van der Waals surface area contributed by atoms with Crippen LogP contribution in [-0.4, -0.2) is 66.4 Å². The molecule has 264 valence electrons. The van der Waals surface area contributed by atoms with Crippen molar-refractivity contribution < 1.29 is 42.9 Å². The first kappa shape index (κ1) is 49.1. The maximum Gasteiger partial charge on any atom is 0.0786 e. The van der Waals surface area contributed by atoms with Crippen molar-refractivity contribution in [3.8, 4) is 0 Å². The second-order valence-corrected chi connectivity index (χ2v) is 12.7. The first-order chi connectivity index (χ1) is 20.2. The van der Waals surface area contributed by atoms with Gasteiger partial charge in [-0.1, -0.05) is 107 Å². The largest absolute Gasteiger partial charge is 0.356 e. The Bertz CT molecular complexity index is 447. The van der Waals surface area contributed by atoms with Crippen LogP contribution in [0.5, 0.6) is 0 Å². The van der Waals surface area contributed by atoms with Crippen molar-refractivity contribution in [3.05, 3.63) is 15.3 Å². The topological polar surface area (TPSA) is 158 Å². The Morgan fingerprint density at radius 3 is 0.558 bits per heavy atom. The van der Waals surface area contributed by atoms with Crippen LogP contribution in [0.1, 0.15) is 158 Å². The number of nitrogens with zero attached hydrogens (tertiary/aromatic N) is 3. The number of quaternary nitrogens is 2. The average molecular weight is 646 g/mol. The van der Waals surface area contributed by atoms with Gasteiger partial charge in [0.25, 0.3) is 0 Å². The number of rotatable bonds is 24. The molecule has 0 aliphatic heterocycles. The minimum absolute atomic E-state index is 1.35. The number of hydrogen-bond donors (Lipinski definition) is 0. The maximum absolute atomic E-state index is 8.49. The number of hydrogen-bond acceptors (Lipinski definition) is 7. The summed E-state index contributed by atoms with van der Waals surface area (Å²) >= 11 is 0. The van der Waals surface area contributed by atoms with Gasteiger partial charge in [-0.05, 0) is 51.4 Å². The summed E-state index contributed by atoms with van der Waals surface area (Å²) in [7, 11) is -4.94. The van der Waals surface area contributed by atoms with Gasteiger partial charge in [0.15, 0.2) is 0 Å². The molecule has 43 heavy (non-hydrogen) atoms. The molecule has 11 heteroatoms. The molecule has 0 saturated carbocycles. The summed E-state index contributed by atoms with van der Waals surface area (Å²) in [5, 5.41) is 14.8. The van der Waals surface area contributed by atoms with Crippen LogP contribution < -0.4 is 18.6 Å². The van der Waals surface area contributed by atoms with Crippen LogP contribution in [0.15, 0.2) is 0 Å². The smallest absolute Gasteiger partial charge is 0.0786 e. The Morgan fingerprint density at radius 2 is 0.488 bits per heavy atom. The average Bonchev–Trinajstić information content (AvgIpc) is 2.95. The minimum Gasteiger partial charge on any atom is -0.356 e. The molecule has 0 unspecified atom stereocenters. The van der Waals surface area contributed by atoms with Crippen LogP contribution in [-0.2, 0) is 0 Å². The second-order valence-electron chi connectivity index (χ2n) is 11.9. The van der Waals surface area contributed by atoms with Crippen LogP contribution in [0.2, 0.25) is 0 Å². The van der Waals surface area contributed by atoms with Crippen molar-refractivity contribution in [1.82, 2.24) is 0 Å². The van der Waals surface area contributed by atoms with E-state index in [4.69, 9.17) is 34.0 Å². The van der Waals surface area contributed by atoms with E-state index in [0.717, 1.165) is 0 Å². The van der Waals surface area contributed by atoms with Crippen LogP contribution >= 0.6 is 0 Å². The maximum atomic E-state index is 8.49. The van der Waals surface area contributed by atoms with Gasteiger partial charge in [0.1, 0.15) is 0 Å². The summed E-state index contributed by atoms with van der Waals surface area (Å²) in [6.45, 7) is 30.0. The molecule has 0 aliphatic carbocycles. The molecule has 0 aromatic rings. The van der Waals surface area contributed by atoms with E-state index in [1.54, 1.807) is 0 Å². The Balaban J connectivity index is -0.000000276. The summed E-state index contributed by atoms with van der Waals surface area (Å²) in [4.78, 5) is 8.25. The van der Waals surface area contributed by atoms with Crippen molar-refractivity contribution in [2.75, 3.05) is 52.4 Å². The molecule has 0 aromatic heterocycles. The molecular weight excluding hydrogens is 574 g/mol. The fourth-order valence-electron chi connectivity index (χ4n) is 5.29. The lowest BCUT2D eigenvalue weighted by molar-refractivity contribution is -2.00. The van der Waals surface area contributed by atoms with Gasteiger partial charge in [-0.15, -0.1) is 10.2 Å². The fourth-order valence-corrected chi connectivity index (χ4v) is 5.29. The minimum atomic E-state index is -4.94. The van der Waals surface area contributed by atoms with E-state index < -0.39 is 15.3 Å². The van der Waals surface area contributed by atoms with Crippen molar-refractivity contribution in [3.63, 3.8) is 0 Å². The van der Waals surface area contributed by atoms with Crippen LogP contribution in [0, 0.1) is 25.6 Å². The predicted octanol–water partition coefficient (Wildman–Crippen LogP) is 5.01. The molecule has 0 spiro atoms. The summed E-state index contributed by atoms with van der Waals surface area (Å²) < 4.78 is 36.8. The van der Waals surface area contributed by atoms with E-state index in [2.05, 4.69) is 55.4 Å². The molecule has 0 radical (unpaired) electrons. The van der Waals surface area contributed by atoms with Gasteiger partial charge in [-0.3, -0.25) is 0 Å². The van der Waals surface area contributed by atoms with E-state index >= 15 is 0 Å². The van der Waals surface area contributed by atoms with Crippen LogP contribution in [0.3, 0.4) is 0 Å². The highest BCUT2D eigenvalue weighted by atomic mass is 35.7. The summed E-state index contributed by atoms with van der Waals surface area (Å²) in [5.41, 5.74) is 0. The van der Waals surface area contributed by atoms with Gasteiger partial charge < -0.3 is 24.3 Å². The lowest BCUT2D eigenvalue weighted by Crippen LogP contribution is -2.68. The molecule has 10 nitrogen and oxygen atoms in total. The van der Waals surface area contributed by atoms with E-state index in [-0.39, 0.29) is 0 Å². The van der Waals surface area contributed by atoms with Gasteiger partial charge in [-0.25, -0.2) is 18.6 Å². The van der Waals surface area contributed by atoms with E-state index in [1.807, 2.05) is 0 Å². The summed E-state index contributed by atoms with van der Waals surface area (Å²) in [6, 6.07) is 0. The van der Waals surface area contributed by atoms with Gasteiger partial charge in [0.05, 0.1) is 57.4 Å². The third-order valence-electron chi connectivity index (χ3n) is 7.89. The second kappa shape index (κ2) is 34.1. The van der Waals surface area contributed by atoms with Gasteiger partial charge in [0.2, 0.25) is 0 Å². The van der Waals surface area contributed by atoms with Gasteiger partial charge in [-0.2, -0.15) is 0 Å². The monoisotopic (exact) mass is 646 g/mol. The number of halogens is 1. The molecular formula is C32H72ClN3O7. The van der Waals surface area contributed by atoms with Crippen LogP contribution in [0.25, 0.3) is 0 Å². The summed E-state index contributed by atoms with van der Waals surface area (Å²) in [6.07, 6.45) is 22.1. The lowest BCUT2D eigenvalue weighted by Gasteiger charge is -2.39. The Kier molecular flexibility index (Phi) is 39.0. The Hall–Kier alpha value is -0.750. The third kappa shape index (κ3) is 41.2. The number of unbranched alkanes of at least 4 members (excludes halogenated alkanes) is 8. The molecule has 0 heterocycles. The normalized spacial score (nSPS) is 11.4. The highest BCUT2D eigenvalue weighted by Gasteiger charge is 2.25. The quantitative estimate of drug-likeness (QED) is 0.0810. The molecule has 0 amide bonds. The highest BCUT2D eigenvalue weighted by Crippen LogP contribution is 2.17. The van der Waals surface area contributed by atoms with E-state index in [1.165, 1.54) is 164 Å². The molecule has 0 fully saturated rings. The van der Waals surface area contributed by atoms with Crippen LogP contribution in [0.4, 0.5) is 0 Å². The van der Waals surface area contributed by atoms with Crippen molar-refractivity contribution in [2.45, 2.75) is 158 Å². The SMILES string of the molecule is CCCC[N+](CCCC)(CCCC)CCCC.CCCC[N+](CCCC)(CCCC)CCCC.O=[N+]([O-])[O-].[O-][Cl+3]([O-])([O-])[O-]. The standard InChI is InChI=1S/2C16H36N.ClHO4.NO3/c2*1-5-9-13-17(14-10-6-2,15-11-7-3)16-12-8-4;2-1(3,4)5;2-1(3)4/h2*5-16H2,1-4H3;(H,2,3,4,5);/q2*+1;;-1/p-1. The molecule has 0 atom stereocenters. The van der Waals surface area contributed by atoms with Crippen molar-refractivity contribution >= 4 is 0 Å². The first-order valence-electron chi connectivity index (χ1n) is 17.4. The Labute approximate surface area is 268 Å². The molecule has 0 rings (SSSR count). The Morgan fingerprint density at radius 1 is 0.395 bits per heavy atom. The van der Waals surface area contributed by atoms with E-state index in [9.17, 15) is 0 Å². The zero-order valence-electron chi connectivity index (χ0n) is 29.5. The molecule has 0 bridgehead atoms. The lowest BCUT2D eigenvalue weighted by atomic mass is 10.1. The molecule has 0 N–H and O–H groups in total. The van der Waals surface area contributed by atoms with Gasteiger partial charge in [0, 0.05) is 0 Å². The van der Waals surface area contributed by atoms with Crippen molar-refractivity contribution in [1.29, 1.82) is 0 Å². The van der Waals surface area contributed by atoms with Crippen molar-refractivity contribution in [2.24, 2.45) is 0 Å². The molecule has 0 aromatic carbocycles. The van der Waals surface area contributed by atoms with E-state index in [0.29, 0.717) is 0 Å². The molecule has 0 aliphatic rings. The molecule has 0 saturated heterocycles. The fraction of sp³-hybridized carbons (Fsp3) is 1.00.